The predicted molar refractivity (Wildman–Crippen MR) is 111 cm³/mol. The van der Waals surface area contributed by atoms with Crippen LogP contribution in [0, 0.1) is 13.8 Å². The molecular formula is C21H26N2O5S. The quantitative estimate of drug-likeness (QED) is 0.747. The summed E-state index contributed by atoms with van der Waals surface area (Å²) in [5, 5.41) is 2.77. The molecule has 1 fully saturated rings. The fourth-order valence-corrected chi connectivity index (χ4v) is 4.87. The number of aryl methyl sites for hydroxylation is 2. The third kappa shape index (κ3) is 4.89. The zero-order valence-corrected chi connectivity index (χ0v) is 17.7. The van der Waals surface area contributed by atoms with Gasteiger partial charge in [0.1, 0.15) is 11.5 Å². The summed E-state index contributed by atoms with van der Waals surface area (Å²) in [5.74, 6) is 0.704. The molecule has 7 nitrogen and oxygen atoms in total. The summed E-state index contributed by atoms with van der Waals surface area (Å²) in [4.78, 5) is 12.5. The van der Waals surface area contributed by atoms with Crippen LogP contribution in [0.5, 0.6) is 11.5 Å². The van der Waals surface area contributed by atoms with E-state index in [2.05, 4.69) is 5.32 Å². The number of sulfonamides is 1. The molecule has 8 heteroatoms. The van der Waals surface area contributed by atoms with Gasteiger partial charge in [-0.2, -0.15) is 4.31 Å². The van der Waals surface area contributed by atoms with Crippen molar-refractivity contribution < 1.29 is 22.7 Å². The number of benzene rings is 2. The minimum Gasteiger partial charge on any atom is -0.495 e. The second-order valence-corrected chi connectivity index (χ2v) is 9.02. The minimum atomic E-state index is -3.48. The van der Waals surface area contributed by atoms with E-state index in [1.807, 2.05) is 19.1 Å². The van der Waals surface area contributed by atoms with Crippen LogP contribution in [0.1, 0.15) is 24.0 Å². The molecule has 156 valence electrons. The fraction of sp³-hybridized carbons (Fsp3) is 0.381. The molecule has 29 heavy (non-hydrogen) atoms. The van der Waals surface area contributed by atoms with Crippen LogP contribution < -0.4 is 14.8 Å². The molecule has 1 aliphatic heterocycles. The summed E-state index contributed by atoms with van der Waals surface area (Å²) < 4.78 is 37.7. The molecular weight excluding hydrogens is 392 g/mol. The van der Waals surface area contributed by atoms with Gasteiger partial charge in [-0.15, -0.1) is 0 Å². The number of carbonyl (C=O) groups is 1. The maximum absolute atomic E-state index is 12.7. The Morgan fingerprint density at radius 1 is 1.07 bits per heavy atom. The summed E-state index contributed by atoms with van der Waals surface area (Å²) >= 11 is 0. The summed E-state index contributed by atoms with van der Waals surface area (Å²) in [7, 11) is -1.94. The van der Waals surface area contributed by atoms with Crippen LogP contribution >= 0.6 is 0 Å². The number of hydrogen-bond acceptors (Lipinski definition) is 5. The molecule has 0 radical (unpaired) electrons. The number of ether oxygens (including phenoxy) is 2. The lowest BCUT2D eigenvalue weighted by Crippen LogP contribution is -2.27. The molecule has 0 bridgehead atoms. The van der Waals surface area contributed by atoms with E-state index in [1.165, 1.54) is 17.5 Å². The van der Waals surface area contributed by atoms with Crippen molar-refractivity contribution in [3.8, 4) is 11.5 Å². The Labute approximate surface area is 171 Å². The number of anilines is 1. The van der Waals surface area contributed by atoms with Crippen molar-refractivity contribution in [1.82, 2.24) is 4.31 Å². The number of rotatable bonds is 7. The molecule has 1 aliphatic rings. The van der Waals surface area contributed by atoms with Crippen LogP contribution in [0.2, 0.25) is 0 Å². The first-order valence-electron chi connectivity index (χ1n) is 9.49. The minimum absolute atomic E-state index is 0.198. The van der Waals surface area contributed by atoms with E-state index in [4.69, 9.17) is 9.47 Å². The van der Waals surface area contributed by atoms with Crippen molar-refractivity contribution in [1.29, 1.82) is 0 Å². The molecule has 0 atom stereocenters. The van der Waals surface area contributed by atoms with E-state index in [9.17, 15) is 13.2 Å². The lowest BCUT2D eigenvalue weighted by molar-refractivity contribution is -0.118. The highest BCUT2D eigenvalue weighted by Gasteiger charge is 2.27. The average molecular weight is 419 g/mol. The van der Waals surface area contributed by atoms with Crippen molar-refractivity contribution in [2.45, 2.75) is 31.6 Å². The molecule has 1 amide bonds. The van der Waals surface area contributed by atoms with Crippen LogP contribution in [0.25, 0.3) is 0 Å². The van der Waals surface area contributed by atoms with E-state index in [-0.39, 0.29) is 17.4 Å². The van der Waals surface area contributed by atoms with E-state index in [0.29, 0.717) is 35.8 Å². The second-order valence-electron chi connectivity index (χ2n) is 7.08. The zero-order chi connectivity index (χ0) is 21.0. The summed E-state index contributed by atoms with van der Waals surface area (Å²) in [6, 6.07) is 10.2. The van der Waals surface area contributed by atoms with Crippen molar-refractivity contribution in [3.05, 3.63) is 47.5 Å². The lowest BCUT2D eigenvalue weighted by atomic mass is 10.2. The van der Waals surface area contributed by atoms with Gasteiger partial charge in [-0.1, -0.05) is 6.07 Å². The van der Waals surface area contributed by atoms with Gasteiger partial charge in [0.2, 0.25) is 10.0 Å². The third-order valence-corrected chi connectivity index (χ3v) is 6.73. The number of methoxy groups -OCH3 is 1. The average Bonchev–Trinajstić information content (AvgIpc) is 3.23. The third-order valence-electron chi connectivity index (χ3n) is 4.84. The number of nitrogens with one attached hydrogen (secondary N) is 1. The van der Waals surface area contributed by atoms with Gasteiger partial charge < -0.3 is 14.8 Å². The SMILES string of the molecule is COc1ccc(C)cc1NC(=O)COc1ccc(S(=O)(=O)N2CCCC2)cc1C. The van der Waals surface area contributed by atoms with Crippen molar-refractivity contribution in [2.24, 2.45) is 0 Å². The Bertz CT molecular complexity index is 998. The van der Waals surface area contributed by atoms with E-state index in [0.717, 1.165) is 18.4 Å². The second kappa shape index (κ2) is 8.84. The van der Waals surface area contributed by atoms with Crippen LogP contribution in [-0.2, 0) is 14.8 Å². The summed E-state index contributed by atoms with van der Waals surface area (Å²) in [6.45, 7) is 4.60. The van der Waals surface area contributed by atoms with Gasteiger partial charge in [0, 0.05) is 13.1 Å². The van der Waals surface area contributed by atoms with E-state index in [1.54, 1.807) is 25.1 Å². The van der Waals surface area contributed by atoms with E-state index >= 15 is 0 Å². The van der Waals surface area contributed by atoms with Crippen molar-refractivity contribution in [2.75, 3.05) is 32.1 Å². The number of hydrogen-bond donors (Lipinski definition) is 1. The first-order chi connectivity index (χ1) is 13.8. The molecule has 0 spiro atoms. The van der Waals surface area contributed by atoms with Gasteiger partial charge in [-0.05, 0) is 68.1 Å². The van der Waals surface area contributed by atoms with Gasteiger partial charge >= 0.3 is 0 Å². The Hall–Kier alpha value is -2.58. The lowest BCUT2D eigenvalue weighted by Gasteiger charge is -2.17. The molecule has 2 aromatic carbocycles. The molecule has 0 aliphatic carbocycles. The number of amides is 1. The summed E-state index contributed by atoms with van der Waals surface area (Å²) in [5.41, 5.74) is 2.23. The van der Waals surface area contributed by atoms with Gasteiger partial charge in [-0.25, -0.2) is 8.42 Å². The number of carbonyl (C=O) groups excluding carboxylic acids is 1. The molecule has 1 N–H and O–H groups in total. The molecule has 2 aromatic rings. The van der Waals surface area contributed by atoms with Crippen LogP contribution in [0.15, 0.2) is 41.3 Å². The highest BCUT2D eigenvalue weighted by molar-refractivity contribution is 7.89. The molecule has 3 rings (SSSR count). The molecule has 1 heterocycles. The molecule has 0 aromatic heterocycles. The largest absolute Gasteiger partial charge is 0.495 e. The maximum atomic E-state index is 12.7. The highest BCUT2D eigenvalue weighted by Crippen LogP contribution is 2.27. The fourth-order valence-electron chi connectivity index (χ4n) is 3.27. The van der Waals surface area contributed by atoms with E-state index < -0.39 is 10.0 Å². The molecule has 0 saturated carbocycles. The van der Waals surface area contributed by atoms with Gasteiger partial charge in [-0.3, -0.25) is 4.79 Å². The first kappa shape index (κ1) is 21.1. The molecule has 1 saturated heterocycles. The Morgan fingerprint density at radius 3 is 2.41 bits per heavy atom. The smallest absolute Gasteiger partial charge is 0.262 e. The van der Waals surface area contributed by atoms with Gasteiger partial charge in [0.15, 0.2) is 6.61 Å². The van der Waals surface area contributed by atoms with Gasteiger partial charge in [0.25, 0.3) is 5.91 Å². The monoisotopic (exact) mass is 418 g/mol. The first-order valence-corrected chi connectivity index (χ1v) is 10.9. The number of nitrogens with zero attached hydrogens (tertiary/aromatic N) is 1. The van der Waals surface area contributed by atoms with Crippen LogP contribution in [0.4, 0.5) is 5.69 Å². The zero-order valence-electron chi connectivity index (χ0n) is 16.9. The Balaban J connectivity index is 1.65. The highest BCUT2D eigenvalue weighted by atomic mass is 32.2. The Morgan fingerprint density at radius 2 is 1.76 bits per heavy atom. The Kier molecular flexibility index (Phi) is 6.44. The van der Waals surface area contributed by atoms with Crippen molar-refractivity contribution >= 4 is 21.6 Å². The topological polar surface area (TPSA) is 84.9 Å². The van der Waals surface area contributed by atoms with Crippen LogP contribution in [-0.4, -0.2) is 45.4 Å². The maximum Gasteiger partial charge on any atom is 0.262 e. The summed E-state index contributed by atoms with van der Waals surface area (Å²) in [6.07, 6.45) is 1.78. The van der Waals surface area contributed by atoms with Crippen molar-refractivity contribution in [3.63, 3.8) is 0 Å². The predicted octanol–water partition coefficient (Wildman–Crippen LogP) is 3.11. The molecule has 0 unspecified atom stereocenters. The normalized spacial score (nSPS) is 14.6. The standard InChI is InChI=1S/C21H26N2O5S/c1-15-6-8-20(27-3)18(12-15)22-21(24)14-28-19-9-7-17(13-16(19)2)29(25,26)23-10-4-5-11-23/h6-9,12-13H,4-5,10-11,14H2,1-3H3,(H,22,24). The van der Waals surface area contributed by atoms with Gasteiger partial charge in [0.05, 0.1) is 17.7 Å². The van der Waals surface area contributed by atoms with Crippen LogP contribution in [0.3, 0.4) is 0 Å².